The number of hydrogen-bond donors (Lipinski definition) is 2. The van der Waals surface area contributed by atoms with Crippen molar-refractivity contribution in [3.05, 3.63) is 5.82 Å². The van der Waals surface area contributed by atoms with Crippen LogP contribution in [0.3, 0.4) is 0 Å². The van der Waals surface area contributed by atoms with Gasteiger partial charge in [0, 0.05) is 13.6 Å². The van der Waals surface area contributed by atoms with Crippen LogP contribution in [-0.2, 0) is 16.2 Å². The molecule has 1 unspecified atom stereocenters. The number of thioether (sulfide) groups is 1. The largest absolute Gasteiger partial charge is 0.481 e. The first-order valence-corrected chi connectivity index (χ1v) is 7.05. The van der Waals surface area contributed by atoms with E-state index in [1.165, 1.54) is 9.47 Å². The zero-order chi connectivity index (χ0) is 15.3. The van der Waals surface area contributed by atoms with Crippen LogP contribution in [0.15, 0.2) is 5.16 Å². The maximum atomic E-state index is 12.2. The van der Waals surface area contributed by atoms with Crippen molar-refractivity contribution in [3.8, 4) is 0 Å². The van der Waals surface area contributed by atoms with Gasteiger partial charge in [0.25, 0.3) is 0 Å². The molecule has 0 aliphatic carbocycles. The number of aliphatic hydroxyl groups excluding tert-OH is 1. The third-order valence-corrected chi connectivity index (χ3v) is 3.72. The van der Waals surface area contributed by atoms with E-state index in [1.54, 1.807) is 14.0 Å². The van der Waals surface area contributed by atoms with E-state index in [-0.39, 0.29) is 24.1 Å². The highest BCUT2D eigenvalue weighted by molar-refractivity contribution is 7.99. The summed E-state index contributed by atoms with van der Waals surface area (Å²) in [6.45, 7) is 3.71. The molecule has 1 amide bonds. The standard InChI is InChI=1S/C11H18N4O4S/c1-4-14(3)10(19)7(2)15-8(5-16)12-13-11(15)20-6-9(17)18/h7,16H,4-6H2,1-3H3,(H,17,18). The molecule has 0 aliphatic rings. The Morgan fingerprint density at radius 1 is 1.45 bits per heavy atom. The van der Waals surface area contributed by atoms with Gasteiger partial charge < -0.3 is 15.1 Å². The molecular formula is C11H18N4O4S. The van der Waals surface area contributed by atoms with Gasteiger partial charge in [0.15, 0.2) is 11.0 Å². The van der Waals surface area contributed by atoms with Gasteiger partial charge in [-0.3, -0.25) is 14.2 Å². The molecular weight excluding hydrogens is 284 g/mol. The molecule has 0 radical (unpaired) electrons. The first-order valence-electron chi connectivity index (χ1n) is 6.06. The van der Waals surface area contributed by atoms with E-state index < -0.39 is 12.0 Å². The number of rotatable bonds is 7. The summed E-state index contributed by atoms with van der Waals surface area (Å²) in [6, 6.07) is -0.603. The lowest BCUT2D eigenvalue weighted by molar-refractivity contribution is -0.134. The van der Waals surface area contributed by atoms with Crippen molar-refractivity contribution in [2.45, 2.75) is 31.7 Å². The van der Waals surface area contributed by atoms with E-state index in [9.17, 15) is 14.7 Å². The van der Waals surface area contributed by atoms with E-state index in [2.05, 4.69) is 10.2 Å². The molecule has 1 aromatic rings. The summed E-state index contributed by atoms with van der Waals surface area (Å²) in [5.41, 5.74) is 0. The molecule has 0 aliphatic heterocycles. The van der Waals surface area contributed by atoms with Crippen molar-refractivity contribution in [1.82, 2.24) is 19.7 Å². The van der Waals surface area contributed by atoms with Gasteiger partial charge in [-0.15, -0.1) is 10.2 Å². The molecule has 2 N–H and O–H groups in total. The summed E-state index contributed by atoms with van der Waals surface area (Å²) in [7, 11) is 1.67. The van der Waals surface area contributed by atoms with E-state index in [0.29, 0.717) is 11.7 Å². The molecule has 8 nitrogen and oxygen atoms in total. The Balaban J connectivity index is 3.03. The van der Waals surface area contributed by atoms with Gasteiger partial charge in [-0.25, -0.2) is 0 Å². The highest BCUT2D eigenvalue weighted by Gasteiger charge is 2.25. The highest BCUT2D eigenvalue weighted by atomic mass is 32.2. The number of likely N-dealkylation sites (N-methyl/N-ethyl adjacent to an activating group) is 1. The second kappa shape index (κ2) is 7.25. The highest BCUT2D eigenvalue weighted by Crippen LogP contribution is 2.22. The number of carboxylic acid groups (broad SMARTS) is 1. The molecule has 0 aromatic carbocycles. The smallest absolute Gasteiger partial charge is 0.313 e. The lowest BCUT2D eigenvalue weighted by Gasteiger charge is -2.22. The minimum atomic E-state index is -0.986. The molecule has 0 saturated carbocycles. The predicted molar refractivity (Wildman–Crippen MR) is 72.3 cm³/mol. The molecule has 1 heterocycles. The number of aliphatic hydroxyl groups is 1. The molecule has 0 spiro atoms. The summed E-state index contributed by atoms with van der Waals surface area (Å²) >= 11 is 0.964. The maximum absolute atomic E-state index is 12.2. The minimum Gasteiger partial charge on any atom is -0.481 e. The lowest BCUT2D eigenvalue weighted by Crippen LogP contribution is -2.33. The van der Waals surface area contributed by atoms with Gasteiger partial charge in [-0.1, -0.05) is 11.8 Å². The third kappa shape index (κ3) is 3.70. The second-order valence-electron chi connectivity index (χ2n) is 4.14. The van der Waals surface area contributed by atoms with Crippen molar-refractivity contribution < 1.29 is 19.8 Å². The van der Waals surface area contributed by atoms with Crippen LogP contribution in [-0.4, -0.2) is 61.1 Å². The first kappa shape index (κ1) is 16.4. The van der Waals surface area contributed by atoms with E-state index in [4.69, 9.17) is 5.11 Å². The molecule has 0 bridgehead atoms. The Morgan fingerprint density at radius 3 is 2.60 bits per heavy atom. The van der Waals surface area contributed by atoms with Crippen molar-refractivity contribution >= 4 is 23.6 Å². The van der Waals surface area contributed by atoms with Gasteiger partial charge in [-0.05, 0) is 13.8 Å². The Hall–Kier alpha value is -1.61. The normalized spacial score (nSPS) is 12.2. The summed E-state index contributed by atoms with van der Waals surface area (Å²) in [4.78, 5) is 24.3. The van der Waals surface area contributed by atoms with Crippen LogP contribution in [0.1, 0.15) is 25.7 Å². The number of aromatic nitrogens is 3. The van der Waals surface area contributed by atoms with Gasteiger partial charge >= 0.3 is 5.97 Å². The summed E-state index contributed by atoms with van der Waals surface area (Å²) in [5.74, 6) is -1.09. The number of hydrogen-bond acceptors (Lipinski definition) is 6. The summed E-state index contributed by atoms with van der Waals surface area (Å²) in [5, 5.41) is 25.9. The maximum Gasteiger partial charge on any atom is 0.313 e. The summed E-state index contributed by atoms with van der Waals surface area (Å²) < 4.78 is 1.47. The van der Waals surface area contributed by atoms with Crippen molar-refractivity contribution in [3.63, 3.8) is 0 Å². The van der Waals surface area contributed by atoms with Crippen molar-refractivity contribution in [2.24, 2.45) is 0 Å². The number of nitrogens with zero attached hydrogens (tertiary/aromatic N) is 4. The van der Waals surface area contributed by atoms with E-state index in [1.807, 2.05) is 6.92 Å². The van der Waals surface area contributed by atoms with Gasteiger partial charge in [0.05, 0.1) is 5.75 Å². The first-order chi connectivity index (χ1) is 9.42. The van der Waals surface area contributed by atoms with Crippen LogP contribution in [0.4, 0.5) is 0 Å². The topological polar surface area (TPSA) is 109 Å². The minimum absolute atomic E-state index is 0.154. The van der Waals surface area contributed by atoms with Gasteiger partial charge in [0.2, 0.25) is 5.91 Å². The number of amides is 1. The van der Waals surface area contributed by atoms with Crippen LogP contribution in [0.5, 0.6) is 0 Å². The third-order valence-electron chi connectivity index (χ3n) is 2.80. The number of aliphatic carboxylic acids is 1. The molecule has 9 heteroatoms. The Bertz CT molecular complexity index is 491. The quantitative estimate of drug-likeness (QED) is 0.682. The Labute approximate surface area is 120 Å². The van der Waals surface area contributed by atoms with Gasteiger partial charge in [0.1, 0.15) is 12.6 Å². The van der Waals surface area contributed by atoms with E-state index in [0.717, 1.165) is 11.8 Å². The number of carboxylic acids is 1. The van der Waals surface area contributed by atoms with Crippen molar-refractivity contribution in [1.29, 1.82) is 0 Å². The molecule has 1 atom stereocenters. The number of carbonyl (C=O) groups is 2. The average Bonchev–Trinajstić information content (AvgIpc) is 2.85. The zero-order valence-electron chi connectivity index (χ0n) is 11.6. The fraction of sp³-hybridized carbons (Fsp3) is 0.636. The van der Waals surface area contributed by atoms with Crippen molar-refractivity contribution in [2.75, 3.05) is 19.3 Å². The molecule has 0 fully saturated rings. The van der Waals surface area contributed by atoms with Crippen LogP contribution in [0.25, 0.3) is 0 Å². The molecule has 1 aromatic heterocycles. The molecule has 1 rings (SSSR count). The molecule has 0 saturated heterocycles. The number of carbonyl (C=O) groups excluding carboxylic acids is 1. The fourth-order valence-corrected chi connectivity index (χ4v) is 2.37. The second-order valence-corrected chi connectivity index (χ2v) is 5.08. The average molecular weight is 302 g/mol. The lowest BCUT2D eigenvalue weighted by atomic mass is 10.3. The van der Waals surface area contributed by atoms with Crippen LogP contribution in [0, 0.1) is 0 Å². The zero-order valence-corrected chi connectivity index (χ0v) is 12.4. The fourth-order valence-electron chi connectivity index (χ4n) is 1.61. The molecule has 112 valence electrons. The SMILES string of the molecule is CCN(C)C(=O)C(C)n1c(CO)nnc1SCC(=O)O. The molecule has 20 heavy (non-hydrogen) atoms. The monoisotopic (exact) mass is 302 g/mol. The van der Waals surface area contributed by atoms with Gasteiger partial charge in [-0.2, -0.15) is 0 Å². The van der Waals surface area contributed by atoms with Crippen LogP contribution in [0.2, 0.25) is 0 Å². The summed E-state index contributed by atoms with van der Waals surface area (Å²) in [6.07, 6.45) is 0. The Kier molecular flexibility index (Phi) is 5.96. The van der Waals surface area contributed by atoms with Crippen LogP contribution < -0.4 is 0 Å². The Morgan fingerprint density at radius 2 is 2.10 bits per heavy atom. The van der Waals surface area contributed by atoms with E-state index >= 15 is 0 Å². The van der Waals surface area contributed by atoms with Crippen LogP contribution >= 0.6 is 11.8 Å². The predicted octanol–water partition coefficient (Wildman–Crippen LogP) is -0.0136.